The van der Waals surface area contributed by atoms with E-state index in [2.05, 4.69) is 55.9 Å². The maximum absolute atomic E-state index is 13.9. The van der Waals surface area contributed by atoms with Crippen LogP contribution in [0.4, 0.5) is 14.4 Å². The Balaban J connectivity index is 0.000000185. The number of halogens is 1. The van der Waals surface area contributed by atoms with Gasteiger partial charge in [-0.25, -0.2) is 53.5 Å². The van der Waals surface area contributed by atoms with E-state index < -0.39 is 113 Å². The first-order chi connectivity index (χ1) is 69.9. The number of fused-ring (bicyclic) bond motifs is 4. The van der Waals surface area contributed by atoms with Crippen molar-refractivity contribution in [2.45, 2.75) is 169 Å². The molecule has 770 valence electrons. The maximum Gasteiger partial charge on any atom is 0.411 e. The predicted octanol–water partition coefficient (Wildman–Crippen LogP) is 17.8. The van der Waals surface area contributed by atoms with Gasteiger partial charge in [-0.15, -0.1) is 0 Å². The molecule has 3 saturated heterocycles. The molecule has 7 atom stereocenters. The van der Waals surface area contributed by atoms with Crippen molar-refractivity contribution in [2.24, 2.45) is 11.1 Å². The average molecular weight is 2070 g/mol. The second-order valence-electron chi connectivity index (χ2n) is 37.6. The molecule has 0 radical (unpaired) electrons. The van der Waals surface area contributed by atoms with Gasteiger partial charge in [-0.05, 0) is 151 Å². The number of aliphatic hydroxyl groups is 2. The summed E-state index contributed by atoms with van der Waals surface area (Å²) in [4.78, 5) is 159. The first-order valence-corrected chi connectivity index (χ1v) is 47.9. The zero-order valence-electron chi connectivity index (χ0n) is 84.6. The number of nitrogens with two attached hydrogens (primary N) is 1. The topological polar surface area (TPSA) is 486 Å². The highest BCUT2D eigenvalue weighted by Crippen LogP contribution is 2.36. The molecule has 4 amide bonds. The third-order valence-electron chi connectivity index (χ3n) is 21.8. The smallest absolute Gasteiger partial charge is 0.411 e. The maximum atomic E-state index is 13.9. The van der Waals surface area contributed by atoms with Gasteiger partial charge in [-0.1, -0.05) is 233 Å². The summed E-state index contributed by atoms with van der Waals surface area (Å²) in [5.41, 5.74) is 9.73. The summed E-state index contributed by atoms with van der Waals surface area (Å²) in [6, 6.07) is 80.7. The molecule has 9 N–H and O–H groups in total. The van der Waals surface area contributed by atoms with Crippen LogP contribution >= 0.6 is 15.9 Å². The zero-order valence-corrected chi connectivity index (χ0v) is 86.2. The van der Waals surface area contributed by atoms with Crippen LogP contribution in [-0.4, -0.2) is 231 Å². The van der Waals surface area contributed by atoms with Crippen LogP contribution < -0.4 is 31.6 Å². The number of carboxylic acids is 1. The van der Waals surface area contributed by atoms with Gasteiger partial charge in [0, 0.05) is 58.2 Å². The minimum Gasteiger partial charge on any atom is -0.478 e. The van der Waals surface area contributed by atoms with Crippen LogP contribution in [-0.2, 0) is 47.6 Å². The minimum atomic E-state index is -0.965. The summed E-state index contributed by atoms with van der Waals surface area (Å²) in [6.45, 7) is 23.6. The van der Waals surface area contributed by atoms with Gasteiger partial charge in [-0.2, -0.15) is 9.97 Å². The van der Waals surface area contributed by atoms with E-state index in [1.807, 2.05) is 257 Å². The van der Waals surface area contributed by atoms with Crippen LogP contribution in [0, 0.1) is 10.8 Å². The van der Waals surface area contributed by atoms with Gasteiger partial charge in [-0.3, -0.25) is 29.6 Å². The molecule has 0 spiro atoms. The Bertz CT molecular complexity index is 6840. The average Bonchev–Trinajstić information content (AvgIpc) is 1.70. The molecule has 7 heterocycles. The van der Waals surface area contributed by atoms with E-state index in [4.69, 9.17) is 64.5 Å². The summed E-state index contributed by atoms with van der Waals surface area (Å²) in [6.07, 6.45) is -3.00. The molecule has 10 aromatic carbocycles. The Morgan fingerprint density at radius 1 is 0.435 bits per heavy atom. The van der Waals surface area contributed by atoms with Crippen molar-refractivity contribution in [2.75, 3.05) is 47.6 Å². The van der Waals surface area contributed by atoms with Crippen LogP contribution in [0.5, 0.6) is 11.8 Å². The molecule has 0 bridgehead atoms. The molecule has 35 nitrogen and oxygen atoms in total. The number of amidine groups is 1. The second-order valence-corrected chi connectivity index (χ2v) is 38.5. The largest absolute Gasteiger partial charge is 0.478 e. The molecule has 0 aliphatic carbocycles. The van der Waals surface area contributed by atoms with Gasteiger partial charge in [0.2, 0.25) is 17.7 Å². The lowest BCUT2D eigenvalue weighted by Gasteiger charge is -2.35. The number of esters is 3. The number of methoxy groups -OCH3 is 3. The Morgan fingerprint density at radius 3 is 1.10 bits per heavy atom. The third kappa shape index (κ3) is 32.9. The number of hydrogen-bond acceptors (Lipinski definition) is 27. The lowest BCUT2D eigenvalue weighted by molar-refractivity contribution is -0.152. The van der Waals surface area contributed by atoms with Crippen molar-refractivity contribution >= 4 is 113 Å². The molecule has 36 heteroatoms. The van der Waals surface area contributed by atoms with Crippen molar-refractivity contribution in [3.63, 3.8) is 0 Å². The molecule has 0 saturated carbocycles. The Morgan fingerprint density at radius 2 is 0.755 bits per heavy atom. The van der Waals surface area contributed by atoms with Gasteiger partial charge in [0.25, 0.3) is 11.1 Å². The number of carboxylic acid groups (broad SMARTS) is 1. The number of aromatic amines is 2. The highest BCUT2D eigenvalue weighted by atomic mass is 79.9. The predicted molar refractivity (Wildman–Crippen MR) is 563 cm³/mol. The fraction of sp³-hybridized carbons (Fsp3) is 0.306. The number of aromatic nitrogens is 8. The number of H-pyrrole nitrogens is 2. The van der Waals surface area contributed by atoms with E-state index in [9.17, 15) is 53.1 Å². The number of nitrogens with zero attached hydrogens (tertiary/aromatic N) is 9. The van der Waals surface area contributed by atoms with Crippen LogP contribution in [0.2, 0.25) is 0 Å². The lowest BCUT2D eigenvalue weighted by Crippen LogP contribution is -2.57. The normalized spacial score (nSPS) is 15.7. The Kier molecular flexibility index (Phi) is 40.2. The SMILES string of the molecule is CCO.COC(=O)[C@@H]1C[C@@H](Oc2nc(-c3ccccc3)nc3ccccc23)CN1C(=O)OC(C)(C)C.COC(=O)[C@@H]1C[C@@H](Oc2nc(-c3ccccc3)nc3ccccc23)CN1C(=O)[C@@H](NC(=O)OC(C)(C)C)C(C)(C)C.COC(=O)[C@@H]1C[C@H](O)CN1C(=O)OC(C)(C)C.N=C(N)c1ccccc1.O=C(O)c1ccccc1Br.O=c1[nH]c(-c2ccccc2)nc2ccccc12.O=c1[nH]c(-c2ccccc2)nc2ccccc12. The number of rotatable bonds is 15. The zero-order chi connectivity index (χ0) is 107. The number of nitrogens with one attached hydrogen (secondary N) is 4. The number of carbonyl (C=O) groups is 8. The van der Waals surface area contributed by atoms with E-state index >= 15 is 0 Å². The molecule has 4 aromatic heterocycles. The van der Waals surface area contributed by atoms with Crippen LogP contribution in [0.3, 0.4) is 0 Å². The number of amides is 4. The lowest BCUT2D eigenvalue weighted by atomic mass is 9.85. The second kappa shape index (κ2) is 52.3. The molecule has 17 rings (SSSR count). The number of carbonyl (C=O) groups excluding carboxylic acids is 7. The first-order valence-electron chi connectivity index (χ1n) is 47.1. The van der Waals surface area contributed by atoms with E-state index in [0.29, 0.717) is 66.8 Å². The molecule has 3 aliphatic heterocycles. The molecule has 147 heavy (non-hydrogen) atoms. The van der Waals surface area contributed by atoms with Crippen LogP contribution in [0.25, 0.3) is 89.2 Å². The standard InChI is InChI=1S/C31H38N4O6.C25H27N3O5.2C14H10N2O.C11H19NO5.C7H5BrO2.C7H8N2.C2H6O/c1-30(2,3)24(33-29(38)41-31(4,5)6)27(36)35-18-20(17-23(35)28(37)39-7)40-26-21-15-11-12-16-22(21)32-25(34-26)19-13-9-8-10-14-19;1-25(2,3)33-24(30)28-15-17(14-20(28)23(29)31-4)32-22-18-12-8-9-13-19(18)26-21(27-22)16-10-6-5-7-11-16;2*17-14-11-8-4-5-9-12(11)15-13(16-14)10-6-2-1-3-7-10;1-11(2,3)17-10(15)12-6-7(13)5-8(12)9(14)16-4;8-6-4-2-1-3-5(6)7(9)10;8-7(9)6-4-2-1-3-5-6;1-2-3/h8-16,20,23-24H,17-18H2,1-7H3,(H,33,38);5-13,17,20H,14-15H2,1-4H3;2*1-9H,(H,15,16,17);7-8,13H,5-6H2,1-4H3;1-4H,(H,9,10);1-5H,(H3,8,9);3H,2H2,1H3/t20-,23+,24-;17-,20+;;;7-,8-;;;/m11..0.../s1. The highest BCUT2D eigenvalue weighted by Gasteiger charge is 2.48. The van der Waals surface area contributed by atoms with Crippen molar-refractivity contribution in [3.8, 4) is 57.3 Å². The van der Waals surface area contributed by atoms with E-state index in [1.54, 1.807) is 106 Å². The number of alkyl carbamates (subject to hydrolysis) is 1. The van der Waals surface area contributed by atoms with Gasteiger partial charge in [0.1, 0.15) is 70.7 Å². The number of para-hydroxylation sites is 4. The number of nitrogen functional groups attached to an aromatic ring is 1. The number of ether oxygens (including phenoxy) is 8. The Labute approximate surface area is 859 Å². The summed E-state index contributed by atoms with van der Waals surface area (Å²) < 4.78 is 43.9. The van der Waals surface area contributed by atoms with Crippen molar-refractivity contribution in [1.82, 2.24) is 59.9 Å². The number of β-amino-alcohol motifs (C(OH)–C–C–N with tert-alkyl or cyclic N) is 1. The molecule has 3 aliphatic rings. The summed E-state index contributed by atoms with van der Waals surface area (Å²) in [5.74, 6) is 0.188. The van der Waals surface area contributed by atoms with Crippen molar-refractivity contribution in [1.29, 1.82) is 5.41 Å². The quantitative estimate of drug-likeness (QED) is 0.0204. The van der Waals surface area contributed by atoms with Crippen molar-refractivity contribution in [3.05, 3.63) is 309 Å². The summed E-state index contributed by atoms with van der Waals surface area (Å²) >= 11 is 3.12. The first kappa shape index (κ1) is 113. The number of aliphatic hydroxyl groups excluding tert-OH is 2. The van der Waals surface area contributed by atoms with E-state index in [1.165, 1.54) is 36.0 Å². The summed E-state index contributed by atoms with van der Waals surface area (Å²) in [7, 11) is 3.83. The van der Waals surface area contributed by atoms with Crippen LogP contribution in [0.1, 0.15) is 125 Å². The fourth-order valence-electron chi connectivity index (χ4n) is 15.1. The summed E-state index contributed by atoms with van der Waals surface area (Å²) in [5, 5.41) is 38.0. The number of aromatic carboxylic acids is 1. The van der Waals surface area contributed by atoms with Gasteiger partial charge < -0.3 is 79.1 Å². The molecule has 3 fully saturated rings. The number of benzene rings is 10. The third-order valence-corrected chi connectivity index (χ3v) is 22.5. The molecule has 14 aromatic rings. The fourth-order valence-corrected chi connectivity index (χ4v) is 15.6. The minimum absolute atomic E-state index is 0.0919. The van der Waals surface area contributed by atoms with Crippen LogP contribution in [0.15, 0.2) is 287 Å². The molecular weight excluding hydrogens is 1950 g/mol. The highest BCUT2D eigenvalue weighted by molar-refractivity contribution is 9.10. The van der Waals surface area contributed by atoms with Gasteiger partial charge >= 0.3 is 42.2 Å². The van der Waals surface area contributed by atoms with Gasteiger partial charge in [0.15, 0.2) is 11.6 Å². The van der Waals surface area contributed by atoms with E-state index in [-0.39, 0.29) is 62.5 Å². The monoisotopic (exact) mass is 2070 g/mol. The molecular formula is C111H123BrN14O21. The number of hydrogen-bond donors (Lipinski definition) is 8. The molecule has 0 unspecified atom stereocenters. The van der Waals surface area contributed by atoms with Crippen molar-refractivity contribution < 1.29 is 91.6 Å². The Hall–Kier alpha value is -16.2. The van der Waals surface area contributed by atoms with E-state index in [0.717, 1.165) is 49.8 Å². The van der Waals surface area contributed by atoms with Gasteiger partial charge in [0.05, 0.1) is 96.2 Å². The number of likely N-dealkylation sites (tertiary alicyclic amines) is 3.